The normalized spacial score (nSPS) is 20.7. The number of ether oxygens (including phenoxy) is 4. The summed E-state index contributed by atoms with van der Waals surface area (Å²) in [6, 6.07) is 15.2. The number of nitrogens with zero attached hydrogens (tertiary/aromatic N) is 7. The summed E-state index contributed by atoms with van der Waals surface area (Å²) in [6.07, 6.45) is -2.59. The van der Waals surface area contributed by atoms with Gasteiger partial charge in [-0.15, -0.1) is 0 Å². The first-order valence-electron chi connectivity index (χ1n) is 25.4. The molecule has 4 aliphatic heterocycles. The Balaban J connectivity index is 0.000000201. The Morgan fingerprint density at radius 2 is 1.09 bits per heavy atom. The molecule has 4 atom stereocenters. The Bertz CT molecular complexity index is 2820. The van der Waals surface area contributed by atoms with E-state index >= 15 is 0 Å². The number of halogens is 7. The Hall–Kier alpha value is -5.86. The van der Waals surface area contributed by atoms with Crippen LogP contribution in [0.5, 0.6) is 0 Å². The molecule has 0 spiro atoms. The number of alkyl halides is 6. The molecule has 2 aromatic carbocycles. The first-order valence-corrected chi connectivity index (χ1v) is 26.2. The molecule has 404 valence electrons. The monoisotopic (exact) mass is 1110 g/mol. The van der Waals surface area contributed by atoms with Crippen LogP contribution in [-0.4, -0.2) is 100 Å². The quantitative estimate of drug-likeness (QED) is 0.106. The van der Waals surface area contributed by atoms with Crippen molar-refractivity contribution >= 4 is 39.8 Å². The zero-order valence-electron chi connectivity index (χ0n) is 43.2. The number of cyclic esters (lactones) is 2. The van der Waals surface area contributed by atoms with Crippen LogP contribution in [0.1, 0.15) is 110 Å². The molecule has 0 radical (unpaired) electrons. The molecular weight excluding hydrogens is 1050 g/mol. The summed E-state index contributed by atoms with van der Waals surface area (Å²) in [7, 11) is 1.96. The zero-order chi connectivity index (χ0) is 53.9. The number of aromatic nitrogens is 3. The van der Waals surface area contributed by atoms with Gasteiger partial charge in [-0.25, -0.2) is 19.6 Å². The van der Waals surface area contributed by atoms with Crippen molar-refractivity contribution in [3.8, 4) is 11.3 Å². The number of carbonyl (C=O) groups excluding carboxylic acids is 2. The minimum Gasteiger partial charge on any atom is -0.439 e. The van der Waals surface area contributed by atoms with E-state index in [0.29, 0.717) is 48.7 Å². The number of anilines is 2. The molecule has 2 amide bonds. The molecule has 0 N–H and O–H groups in total. The van der Waals surface area contributed by atoms with Crippen molar-refractivity contribution in [1.82, 2.24) is 24.3 Å². The molecule has 0 unspecified atom stereocenters. The average Bonchev–Trinajstić information content (AvgIpc) is 4.02. The van der Waals surface area contributed by atoms with Gasteiger partial charge in [0.05, 0.1) is 36.3 Å². The number of carbonyl (C=O) groups is 2. The number of pyridine rings is 2. The lowest BCUT2D eigenvalue weighted by Gasteiger charge is -2.36. The van der Waals surface area contributed by atoms with Crippen molar-refractivity contribution in [3.63, 3.8) is 0 Å². The summed E-state index contributed by atoms with van der Waals surface area (Å²) >= 11 is 3.48. The van der Waals surface area contributed by atoms with Gasteiger partial charge >= 0.3 is 24.5 Å². The molecule has 4 fully saturated rings. The van der Waals surface area contributed by atoms with Crippen LogP contribution < -0.4 is 9.80 Å². The van der Waals surface area contributed by atoms with Gasteiger partial charge in [0.15, 0.2) is 0 Å². The fourth-order valence-corrected chi connectivity index (χ4v) is 11.1. The largest absolute Gasteiger partial charge is 0.439 e. The highest BCUT2D eigenvalue weighted by atomic mass is 79.9. The van der Waals surface area contributed by atoms with E-state index in [0.717, 1.165) is 102 Å². The topological polar surface area (TPSA) is 115 Å². The smallest absolute Gasteiger partial charge is 0.416 e. The Morgan fingerprint density at radius 3 is 1.51 bits per heavy atom. The summed E-state index contributed by atoms with van der Waals surface area (Å²) in [5, 5.41) is 0. The lowest BCUT2D eigenvalue weighted by Crippen LogP contribution is -2.41. The van der Waals surface area contributed by atoms with Crippen molar-refractivity contribution in [2.45, 2.75) is 129 Å². The molecule has 3 aromatic heterocycles. The van der Waals surface area contributed by atoms with Gasteiger partial charge in [-0.1, -0.05) is 23.3 Å². The van der Waals surface area contributed by atoms with Crippen LogP contribution in [0.3, 0.4) is 0 Å². The molecule has 4 aliphatic rings. The highest BCUT2D eigenvalue weighted by Crippen LogP contribution is 2.41. The maximum Gasteiger partial charge on any atom is 0.416 e. The maximum absolute atomic E-state index is 13.5. The molecule has 9 rings (SSSR count). The Labute approximate surface area is 442 Å². The third kappa shape index (κ3) is 12.5. The second-order valence-electron chi connectivity index (χ2n) is 19.7. The van der Waals surface area contributed by atoms with Gasteiger partial charge in [-0.3, -0.25) is 9.80 Å². The molecule has 13 nitrogen and oxygen atoms in total. The second kappa shape index (κ2) is 23.2. The molecule has 5 aromatic rings. The zero-order valence-corrected chi connectivity index (χ0v) is 44.8. The lowest BCUT2D eigenvalue weighted by molar-refractivity contribution is -0.138. The van der Waals surface area contributed by atoms with Crippen molar-refractivity contribution in [3.05, 3.63) is 128 Å². The van der Waals surface area contributed by atoms with Crippen LogP contribution in [0, 0.1) is 13.8 Å². The van der Waals surface area contributed by atoms with E-state index in [9.17, 15) is 35.9 Å². The molecule has 20 heteroatoms. The second-order valence-corrected chi connectivity index (χ2v) is 20.6. The number of hydrogen-bond donors (Lipinski definition) is 0. The summed E-state index contributed by atoms with van der Waals surface area (Å²) in [5.41, 5.74) is 3.71. The van der Waals surface area contributed by atoms with Crippen molar-refractivity contribution in [2.75, 3.05) is 49.3 Å². The Morgan fingerprint density at radius 1 is 0.653 bits per heavy atom. The van der Waals surface area contributed by atoms with E-state index in [-0.39, 0.29) is 25.2 Å². The van der Waals surface area contributed by atoms with Crippen molar-refractivity contribution in [1.29, 1.82) is 0 Å². The summed E-state index contributed by atoms with van der Waals surface area (Å²) in [4.78, 5) is 43.3. The predicted octanol–water partition coefficient (Wildman–Crippen LogP) is 12.8. The average molecular weight is 1110 g/mol. The number of hydrogen-bond acceptors (Lipinski definition) is 10. The third-order valence-electron chi connectivity index (χ3n) is 14.6. The summed E-state index contributed by atoms with van der Waals surface area (Å²) < 4.78 is 106. The van der Waals surface area contributed by atoms with Gasteiger partial charge < -0.3 is 33.3 Å². The minimum atomic E-state index is -4.49. The third-order valence-corrected chi connectivity index (χ3v) is 15.0. The van der Waals surface area contributed by atoms with Gasteiger partial charge in [-0.05, 0) is 143 Å². The van der Waals surface area contributed by atoms with Crippen LogP contribution in [0.4, 0.5) is 47.6 Å². The first-order chi connectivity index (χ1) is 35.6. The van der Waals surface area contributed by atoms with Crippen LogP contribution in [0.25, 0.3) is 11.3 Å². The molecular formula is C55H64BrF6N7O6. The summed E-state index contributed by atoms with van der Waals surface area (Å²) in [6.45, 7) is 15.7. The van der Waals surface area contributed by atoms with Gasteiger partial charge in [0.1, 0.15) is 23.8 Å². The molecule has 7 heterocycles. The maximum atomic E-state index is 13.5. The van der Waals surface area contributed by atoms with E-state index in [1.165, 1.54) is 0 Å². The van der Waals surface area contributed by atoms with E-state index in [2.05, 4.69) is 50.6 Å². The molecule has 0 bridgehead atoms. The molecule has 0 saturated carbocycles. The minimum absolute atomic E-state index is 0.217. The van der Waals surface area contributed by atoms with Gasteiger partial charge in [-0.2, -0.15) is 26.3 Å². The van der Waals surface area contributed by atoms with Gasteiger partial charge in [0.2, 0.25) is 0 Å². The van der Waals surface area contributed by atoms with E-state index in [1.807, 2.05) is 49.1 Å². The predicted molar refractivity (Wildman–Crippen MR) is 275 cm³/mol. The van der Waals surface area contributed by atoms with E-state index < -0.39 is 60.0 Å². The van der Waals surface area contributed by atoms with Crippen molar-refractivity contribution in [2.24, 2.45) is 7.05 Å². The summed E-state index contributed by atoms with van der Waals surface area (Å²) in [5.74, 6) is 1.59. The Kier molecular flexibility index (Phi) is 17.1. The highest BCUT2D eigenvalue weighted by Gasteiger charge is 2.44. The number of rotatable bonds is 13. The van der Waals surface area contributed by atoms with Crippen LogP contribution in [0.2, 0.25) is 0 Å². The number of aryl methyl sites for hydroxylation is 3. The van der Waals surface area contributed by atoms with Crippen molar-refractivity contribution < 1.29 is 54.9 Å². The van der Waals surface area contributed by atoms with Gasteiger partial charge in [0, 0.05) is 104 Å². The fraction of sp³-hybridized carbons (Fsp3) is 0.491. The van der Waals surface area contributed by atoms with Crippen LogP contribution in [0.15, 0.2) is 83.7 Å². The first kappa shape index (κ1) is 55.4. The van der Waals surface area contributed by atoms with Crippen LogP contribution >= 0.6 is 15.9 Å². The fourth-order valence-electron chi connectivity index (χ4n) is 10.8. The number of amides is 2. The van der Waals surface area contributed by atoms with E-state index in [1.54, 1.807) is 48.9 Å². The van der Waals surface area contributed by atoms with Gasteiger partial charge in [0.25, 0.3) is 0 Å². The van der Waals surface area contributed by atoms with Crippen LogP contribution in [-0.2, 0) is 51.4 Å². The molecule has 0 aliphatic carbocycles. The highest BCUT2D eigenvalue weighted by molar-refractivity contribution is 9.10. The number of benzene rings is 2. The standard InChI is InChI=1S/C30H35F3N4O3.C25H29BrF3N3O3/c1-5-36(25-8-11-39-12-9-25)28-23(15-22(17-34-28)26-7-6-10-35(26)4)18-37-20(3)27(40-29(37)38)21-13-19(2)14-24(16-21)30(31,32)33;1-4-31(21-5-7-34-8-6-21)23-18(12-20(26)13-30-23)14-32-16(3)22(35-24(32)33)17-9-15(2)10-19(11-17)25(27,28)29/h6-7,10,13-17,20,25,27H,5,8-9,11-12,18H2,1-4H3;9-13,16,21-22H,4-8,14H2,1-3H3/t20-,27-;16-,22-/m00/s1. The molecule has 4 saturated heterocycles. The van der Waals surface area contributed by atoms with E-state index in [4.69, 9.17) is 23.9 Å². The molecule has 75 heavy (non-hydrogen) atoms. The lowest BCUT2D eigenvalue weighted by atomic mass is 9.98. The SMILES string of the molecule is CCN(c1ncc(-c2cccn2C)cc1CN1C(=O)O[C@H](c2cc(C)cc(C(F)(F)F)c2)[C@@H]1C)C1CCOCC1.CCN(c1ncc(Br)cc1CN1C(=O)O[C@H](c2cc(C)cc(C(F)(F)F)c2)[C@@H]1C)C1CCOCC1.